The van der Waals surface area contributed by atoms with Crippen molar-refractivity contribution in [3.05, 3.63) is 48.0 Å². The predicted molar refractivity (Wildman–Crippen MR) is 114 cm³/mol. The van der Waals surface area contributed by atoms with E-state index >= 15 is 0 Å². The van der Waals surface area contributed by atoms with Crippen molar-refractivity contribution in [2.75, 3.05) is 30.2 Å². The van der Waals surface area contributed by atoms with Gasteiger partial charge in [-0.15, -0.1) is 0 Å². The van der Waals surface area contributed by atoms with Gasteiger partial charge in [0.25, 0.3) is 15.9 Å². The van der Waals surface area contributed by atoms with Crippen LogP contribution in [0.25, 0.3) is 0 Å². The van der Waals surface area contributed by atoms with Crippen molar-refractivity contribution >= 4 is 33.2 Å². The molecule has 0 saturated carbocycles. The van der Waals surface area contributed by atoms with Crippen molar-refractivity contribution < 1.29 is 22.7 Å². The van der Waals surface area contributed by atoms with Crippen LogP contribution in [0, 0.1) is 0 Å². The summed E-state index contributed by atoms with van der Waals surface area (Å²) < 4.78 is 33.6. The van der Waals surface area contributed by atoms with E-state index in [0.717, 1.165) is 19.3 Å². The average molecular weight is 432 g/mol. The molecule has 1 aliphatic heterocycles. The number of anilines is 2. The first-order valence-corrected chi connectivity index (χ1v) is 11.2. The van der Waals surface area contributed by atoms with E-state index in [0.29, 0.717) is 30.2 Å². The van der Waals surface area contributed by atoms with Crippen LogP contribution in [0.3, 0.4) is 0 Å². The number of nitrogens with one attached hydrogen (secondary N) is 2. The van der Waals surface area contributed by atoms with Crippen molar-refractivity contribution in [1.82, 2.24) is 4.90 Å². The number of piperidine rings is 1. The predicted octanol–water partition coefficient (Wildman–Crippen LogP) is 3.08. The minimum absolute atomic E-state index is 0.0476. The maximum atomic E-state index is 13.0. The summed E-state index contributed by atoms with van der Waals surface area (Å²) in [5.74, 6) is -0.167. The first-order chi connectivity index (χ1) is 14.3. The Hall–Kier alpha value is -3.07. The van der Waals surface area contributed by atoms with Crippen LogP contribution in [0.15, 0.2) is 47.4 Å². The summed E-state index contributed by atoms with van der Waals surface area (Å²) >= 11 is 0. The van der Waals surface area contributed by atoms with Gasteiger partial charge in [0.2, 0.25) is 5.91 Å². The van der Waals surface area contributed by atoms with Gasteiger partial charge in [0.1, 0.15) is 5.75 Å². The molecule has 0 bridgehead atoms. The number of rotatable bonds is 6. The fourth-order valence-electron chi connectivity index (χ4n) is 3.37. The molecule has 0 atom stereocenters. The maximum Gasteiger partial charge on any atom is 0.261 e. The number of sulfonamides is 1. The van der Waals surface area contributed by atoms with Gasteiger partial charge in [-0.25, -0.2) is 8.42 Å². The summed E-state index contributed by atoms with van der Waals surface area (Å²) in [4.78, 5) is 25.9. The Kier molecular flexibility index (Phi) is 6.61. The highest BCUT2D eigenvalue weighted by Crippen LogP contribution is 2.27. The van der Waals surface area contributed by atoms with Gasteiger partial charge in [-0.1, -0.05) is 6.07 Å². The number of hydrogen-bond acceptors (Lipinski definition) is 5. The molecule has 2 aromatic carbocycles. The Morgan fingerprint density at radius 1 is 1.00 bits per heavy atom. The van der Waals surface area contributed by atoms with E-state index in [4.69, 9.17) is 4.74 Å². The maximum absolute atomic E-state index is 13.0. The van der Waals surface area contributed by atoms with Crippen molar-refractivity contribution in [3.63, 3.8) is 0 Å². The van der Waals surface area contributed by atoms with Crippen molar-refractivity contribution in [1.29, 1.82) is 0 Å². The van der Waals surface area contributed by atoms with Crippen LogP contribution in [-0.2, 0) is 14.8 Å². The van der Waals surface area contributed by atoms with Gasteiger partial charge >= 0.3 is 0 Å². The molecule has 3 rings (SSSR count). The SMILES string of the molecule is COc1ccc(S(=O)(=O)Nc2cccc(NC(C)=O)c2)cc1C(=O)N1CCCCC1. The van der Waals surface area contributed by atoms with E-state index in [1.54, 1.807) is 23.1 Å². The second-order valence-corrected chi connectivity index (χ2v) is 8.76. The summed E-state index contributed by atoms with van der Waals surface area (Å²) in [7, 11) is -2.51. The zero-order chi connectivity index (χ0) is 21.7. The fourth-order valence-corrected chi connectivity index (χ4v) is 4.44. The van der Waals surface area contributed by atoms with Gasteiger partial charge in [0.05, 0.1) is 23.3 Å². The highest BCUT2D eigenvalue weighted by Gasteiger charge is 2.24. The lowest BCUT2D eigenvalue weighted by Gasteiger charge is -2.27. The highest BCUT2D eigenvalue weighted by atomic mass is 32.2. The number of amides is 2. The van der Waals surface area contributed by atoms with Crippen LogP contribution in [-0.4, -0.2) is 45.3 Å². The number of carbonyl (C=O) groups is 2. The van der Waals surface area contributed by atoms with E-state index in [2.05, 4.69) is 10.0 Å². The van der Waals surface area contributed by atoms with Crippen molar-refractivity contribution in [2.24, 2.45) is 0 Å². The Labute approximate surface area is 176 Å². The van der Waals surface area contributed by atoms with Crippen molar-refractivity contribution in [3.8, 4) is 5.75 Å². The van der Waals surface area contributed by atoms with Gasteiger partial charge in [0.15, 0.2) is 0 Å². The van der Waals surface area contributed by atoms with Crippen molar-refractivity contribution in [2.45, 2.75) is 31.1 Å². The Morgan fingerprint density at radius 2 is 1.70 bits per heavy atom. The second-order valence-electron chi connectivity index (χ2n) is 7.08. The monoisotopic (exact) mass is 431 g/mol. The molecule has 0 unspecified atom stereocenters. The average Bonchev–Trinajstić information content (AvgIpc) is 2.73. The first-order valence-electron chi connectivity index (χ1n) is 9.68. The molecule has 2 N–H and O–H groups in total. The molecule has 0 radical (unpaired) electrons. The van der Waals surface area contributed by atoms with Gasteiger partial charge in [0, 0.05) is 25.7 Å². The normalized spacial score (nSPS) is 14.1. The number of methoxy groups -OCH3 is 1. The molecule has 9 heteroatoms. The first kappa shape index (κ1) is 21.6. The zero-order valence-electron chi connectivity index (χ0n) is 17.0. The van der Waals surface area contributed by atoms with E-state index in [-0.39, 0.29) is 22.3 Å². The highest BCUT2D eigenvalue weighted by molar-refractivity contribution is 7.92. The van der Waals surface area contributed by atoms with Gasteiger partial charge in [-0.3, -0.25) is 14.3 Å². The summed E-state index contributed by atoms with van der Waals surface area (Å²) in [5, 5.41) is 2.61. The van der Waals surface area contributed by atoms with E-state index in [1.165, 1.54) is 38.3 Å². The lowest BCUT2D eigenvalue weighted by Crippen LogP contribution is -2.35. The van der Waals surface area contributed by atoms with Crippen LogP contribution in [0.1, 0.15) is 36.5 Å². The topological polar surface area (TPSA) is 105 Å². The molecule has 1 saturated heterocycles. The standard InChI is InChI=1S/C21H25N3O5S/c1-15(25)22-16-7-6-8-17(13-16)23-30(27,28)18-9-10-20(29-2)19(14-18)21(26)24-11-4-3-5-12-24/h6-10,13-14,23H,3-5,11-12H2,1-2H3,(H,22,25). The molecule has 1 heterocycles. The molecule has 1 aliphatic rings. The molecule has 30 heavy (non-hydrogen) atoms. The number of likely N-dealkylation sites (tertiary alicyclic amines) is 1. The zero-order valence-corrected chi connectivity index (χ0v) is 17.8. The van der Waals surface area contributed by atoms with Gasteiger partial charge in [-0.05, 0) is 55.7 Å². The summed E-state index contributed by atoms with van der Waals surface area (Å²) in [5.41, 5.74) is 0.980. The number of nitrogens with zero attached hydrogens (tertiary/aromatic N) is 1. The molecule has 1 fully saturated rings. The number of benzene rings is 2. The van der Waals surface area contributed by atoms with Crippen LogP contribution >= 0.6 is 0 Å². The lowest BCUT2D eigenvalue weighted by molar-refractivity contribution is -0.114. The smallest absolute Gasteiger partial charge is 0.261 e. The van der Waals surface area contributed by atoms with Gasteiger partial charge < -0.3 is 15.0 Å². The molecule has 160 valence electrons. The Morgan fingerprint density at radius 3 is 2.37 bits per heavy atom. The minimum atomic E-state index is -3.96. The fraction of sp³-hybridized carbons (Fsp3) is 0.333. The second kappa shape index (κ2) is 9.17. The van der Waals surface area contributed by atoms with Crippen LogP contribution < -0.4 is 14.8 Å². The molecule has 0 spiro atoms. The summed E-state index contributed by atoms with van der Waals surface area (Å²) in [6, 6.07) is 10.6. The molecular formula is C21H25N3O5S. The molecule has 2 amide bonds. The summed E-state index contributed by atoms with van der Waals surface area (Å²) in [6.45, 7) is 2.66. The molecule has 0 aliphatic carbocycles. The Balaban J connectivity index is 1.89. The van der Waals surface area contributed by atoms with E-state index < -0.39 is 10.0 Å². The largest absolute Gasteiger partial charge is 0.496 e. The summed E-state index contributed by atoms with van der Waals surface area (Å²) in [6.07, 6.45) is 2.94. The molecule has 2 aromatic rings. The van der Waals surface area contributed by atoms with E-state index in [9.17, 15) is 18.0 Å². The third kappa shape index (κ3) is 5.10. The quantitative estimate of drug-likeness (QED) is 0.731. The molecular weight excluding hydrogens is 406 g/mol. The number of ether oxygens (including phenoxy) is 1. The van der Waals surface area contributed by atoms with Crippen LogP contribution in [0.2, 0.25) is 0 Å². The van der Waals surface area contributed by atoms with Gasteiger partial charge in [-0.2, -0.15) is 0 Å². The van der Waals surface area contributed by atoms with E-state index in [1.807, 2.05) is 0 Å². The third-order valence-corrected chi connectivity index (χ3v) is 6.17. The minimum Gasteiger partial charge on any atom is -0.496 e. The van der Waals surface area contributed by atoms with Crippen LogP contribution in [0.4, 0.5) is 11.4 Å². The third-order valence-electron chi connectivity index (χ3n) is 4.79. The number of hydrogen-bond donors (Lipinski definition) is 2. The molecule has 8 nitrogen and oxygen atoms in total. The Bertz CT molecular complexity index is 1050. The number of carbonyl (C=O) groups excluding carboxylic acids is 2. The van der Waals surface area contributed by atoms with Crippen LogP contribution in [0.5, 0.6) is 5.75 Å². The lowest BCUT2D eigenvalue weighted by atomic mass is 10.1. The molecule has 0 aromatic heterocycles.